The highest BCUT2D eigenvalue weighted by Crippen LogP contribution is 2.27. The molecule has 0 spiro atoms. The van der Waals surface area contributed by atoms with Crippen LogP contribution in [0.1, 0.15) is 18.1 Å². The van der Waals surface area contributed by atoms with Crippen LogP contribution >= 0.6 is 11.8 Å². The first kappa shape index (κ1) is 14.6. The molecule has 2 rings (SSSR count). The van der Waals surface area contributed by atoms with Gasteiger partial charge in [-0.1, -0.05) is 17.8 Å². The Balaban J connectivity index is 2.16. The predicted octanol–water partition coefficient (Wildman–Crippen LogP) is 3.01. The maximum atomic E-state index is 11.3. The zero-order chi connectivity index (χ0) is 14.7. The Labute approximate surface area is 121 Å². The number of thioether (sulfide) groups is 1. The molecule has 0 bridgehead atoms. The summed E-state index contributed by atoms with van der Waals surface area (Å²) in [7, 11) is 1.35. The molecule has 106 valence electrons. The summed E-state index contributed by atoms with van der Waals surface area (Å²) in [5.74, 6) is 0.133. The lowest BCUT2D eigenvalue weighted by molar-refractivity contribution is -0.139. The SMILES string of the molecule is COC(=O)[C@H](C)Sc1nnc(-c2ccc(C)c(C)c2)o1. The number of carbonyl (C=O) groups excluding carboxylic acids is 1. The highest BCUT2D eigenvalue weighted by atomic mass is 32.2. The second-order valence-electron chi connectivity index (χ2n) is 4.46. The lowest BCUT2D eigenvalue weighted by Gasteiger charge is -2.04. The van der Waals surface area contributed by atoms with Crippen molar-refractivity contribution in [3.8, 4) is 11.5 Å². The van der Waals surface area contributed by atoms with E-state index in [9.17, 15) is 4.79 Å². The summed E-state index contributed by atoms with van der Waals surface area (Å²) in [5.41, 5.74) is 3.25. The summed E-state index contributed by atoms with van der Waals surface area (Å²) in [6.45, 7) is 5.81. The molecule has 0 fully saturated rings. The molecule has 1 atom stereocenters. The fraction of sp³-hybridized carbons (Fsp3) is 0.357. The summed E-state index contributed by atoms with van der Waals surface area (Å²) < 4.78 is 10.2. The van der Waals surface area contributed by atoms with Crippen LogP contribution < -0.4 is 0 Å². The average molecular weight is 292 g/mol. The molecule has 0 amide bonds. The van der Waals surface area contributed by atoms with Gasteiger partial charge >= 0.3 is 5.97 Å². The molecule has 1 aromatic carbocycles. The van der Waals surface area contributed by atoms with Crippen LogP contribution in [0.3, 0.4) is 0 Å². The quantitative estimate of drug-likeness (QED) is 0.637. The van der Waals surface area contributed by atoms with E-state index in [0.29, 0.717) is 11.1 Å². The number of methoxy groups -OCH3 is 1. The molecule has 20 heavy (non-hydrogen) atoms. The van der Waals surface area contributed by atoms with Crippen molar-refractivity contribution >= 4 is 17.7 Å². The van der Waals surface area contributed by atoms with E-state index >= 15 is 0 Å². The standard InChI is InChI=1S/C14H16N2O3S/c1-8-5-6-11(7-9(8)2)12-15-16-14(19-12)20-10(3)13(17)18-4/h5-7,10H,1-4H3/t10-/m0/s1. The van der Waals surface area contributed by atoms with Crippen LogP contribution in [-0.2, 0) is 9.53 Å². The largest absolute Gasteiger partial charge is 0.468 e. The first-order valence-corrected chi connectivity index (χ1v) is 7.05. The van der Waals surface area contributed by atoms with Crippen molar-refractivity contribution < 1.29 is 13.9 Å². The number of esters is 1. The molecular weight excluding hydrogens is 276 g/mol. The minimum atomic E-state index is -0.381. The highest BCUT2D eigenvalue weighted by Gasteiger charge is 2.19. The number of aryl methyl sites for hydroxylation is 2. The monoisotopic (exact) mass is 292 g/mol. The van der Waals surface area contributed by atoms with Gasteiger partial charge in [0.15, 0.2) is 0 Å². The van der Waals surface area contributed by atoms with Gasteiger partial charge in [-0.25, -0.2) is 0 Å². The van der Waals surface area contributed by atoms with Crippen LogP contribution in [0.2, 0.25) is 0 Å². The zero-order valence-electron chi connectivity index (χ0n) is 11.8. The van der Waals surface area contributed by atoms with Gasteiger partial charge in [-0.2, -0.15) is 0 Å². The van der Waals surface area contributed by atoms with Gasteiger partial charge in [-0.3, -0.25) is 4.79 Å². The van der Waals surface area contributed by atoms with E-state index in [1.807, 2.05) is 32.0 Å². The smallest absolute Gasteiger partial charge is 0.319 e. The molecule has 0 unspecified atom stereocenters. The van der Waals surface area contributed by atoms with Gasteiger partial charge in [0.25, 0.3) is 5.22 Å². The Hall–Kier alpha value is -1.82. The van der Waals surface area contributed by atoms with Crippen molar-refractivity contribution in [2.24, 2.45) is 0 Å². The zero-order valence-corrected chi connectivity index (χ0v) is 12.7. The number of nitrogens with zero attached hydrogens (tertiary/aromatic N) is 2. The number of carbonyl (C=O) groups is 1. The number of benzene rings is 1. The van der Waals surface area contributed by atoms with E-state index in [0.717, 1.165) is 11.1 Å². The fourth-order valence-electron chi connectivity index (χ4n) is 1.61. The van der Waals surface area contributed by atoms with Crippen LogP contribution in [0.25, 0.3) is 11.5 Å². The van der Waals surface area contributed by atoms with Gasteiger partial charge in [0.2, 0.25) is 5.89 Å². The second kappa shape index (κ2) is 6.09. The van der Waals surface area contributed by atoms with E-state index in [1.54, 1.807) is 6.92 Å². The molecule has 1 aromatic heterocycles. The van der Waals surface area contributed by atoms with Crippen molar-refractivity contribution in [2.75, 3.05) is 7.11 Å². The van der Waals surface area contributed by atoms with Gasteiger partial charge in [-0.05, 0) is 44.0 Å². The van der Waals surface area contributed by atoms with Gasteiger partial charge < -0.3 is 9.15 Å². The first-order chi connectivity index (χ1) is 9.51. The number of aromatic nitrogens is 2. The Morgan fingerprint density at radius 2 is 2.05 bits per heavy atom. The van der Waals surface area contributed by atoms with Crippen molar-refractivity contribution in [3.05, 3.63) is 29.3 Å². The Bertz CT molecular complexity index is 625. The molecule has 0 N–H and O–H groups in total. The van der Waals surface area contributed by atoms with Gasteiger partial charge in [0.1, 0.15) is 5.25 Å². The number of rotatable bonds is 4. The topological polar surface area (TPSA) is 65.2 Å². The maximum Gasteiger partial charge on any atom is 0.319 e. The minimum Gasteiger partial charge on any atom is -0.468 e. The molecule has 0 saturated carbocycles. The molecule has 0 aliphatic carbocycles. The van der Waals surface area contributed by atoms with Gasteiger partial charge in [0.05, 0.1) is 7.11 Å². The number of hydrogen-bond acceptors (Lipinski definition) is 6. The van der Waals surface area contributed by atoms with Crippen LogP contribution in [0.5, 0.6) is 0 Å². The molecule has 0 aliphatic heterocycles. The van der Waals surface area contributed by atoms with Crippen molar-refractivity contribution in [1.82, 2.24) is 10.2 Å². The third-order valence-corrected chi connectivity index (χ3v) is 3.88. The van der Waals surface area contributed by atoms with Crippen molar-refractivity contribution in [1.29, 1.82) is 0 Å². The molecule has 2 aromatic rings. The summed E-state index contributed by atoms with van der Waals surface area (Å²) in [4.78, 5) is 11.3. The van der Waals surface area contributed by atoms with E-state index in [1.165, 1.54) is 24.4 Å². The molecule has 5 nitrogen and oxygen atoms in total. The molecule has 0 aliphatic rings. The summed E-state index contributed by atoms with van der Waals surface area (Å²) in [6, 6.07) is 5.95. The third-order valence-electron chi connectivity index (χ3n) is 2.97. The third kappa shape index (κ3) is 3.19. The summed E-state index contributed by atoms with van der Waals surface area (Å²) in [5, 5.41) is 7.92. The van der Waals surface area contributed by atoms with Crippen LogP contribution in [0.4, 0.5) is 0 Å². The Kier molecular flexibility index (Phi) is 4.44. The molecular formula is C14H16N2O3S. The summed E-state index contributed by atoms with van der Waals surface area (Å²) >= 11 is 1.18. The number of ether oxygens (including phenoxy) is 1. The van der Waals surface area contributed by atoms with E-state index in [4.69, 9.17) is 4.42 Å². The lowest BCUT2D eigenvalue weighted by atomic mass is 10.1. The van der Waals surface area contributed by atoms with Crippen molar-refractivity contribution in [3.63, 3.8) is 0 Å². The van der Waals surface area contributed by atoms with Crippen LogP contribution in [0, 0.1) is 13.8 Å². The molecule has 6 heteroatoms. The minimum absolute atomic E-state index is 0.319. The maximum absolute atomic E-state index is 11.3. The van der Waals surface area contributed by atoms with E-state index in [-0.39, 0.29) is 11.2 Å². The van der Waals surface area contributed by atoms with Crippen molar-refractivity contribution in [2.45, 2.75) is 31.2 Å². The predicted molar refractivity (Wildman–Crippen MR) is 76.5 cm³/mol. The number of hydrogen-bond donors (Lipinski definition) is 0. The van der Waals surface area contributed by atoms with Gasteiger partial charge in [0, 0.05) is 5.56 Å². The van der Waals surface area contributed by atoms with E-state index < -0.39 is 0 Å². The van der Waals surface area contributed by atoms with Crippen LogP contribution in [0.15, 0.2) is 27.8 Å². The molecule has 1 heterocycles. The lowest BCUT2D eigenvalue weighted by Crippen LogP contribution is -2.14. The first-order valence-electron chi connectivity index (χ1n) is 6.17. The second-order valence-corrected chi connectivity index (χ2v) is 5.75. The average Bonchev–Trinajstić information content (AvgIpc) is 2.89. The highest BCUT2D eigenvalue weighted by molar-refractivity contribution is 8.00. The Morgan fingerprint density at radius 1 is 1.30 bits per heavy atom. The Morgan fingerprint density at radius 3 is 2.70 bits per heavy atom. The molecule has 0 saturated heterocycles. The summed E-state index contributed by atoms with van der Waals surface area (Å²) in [6.07, 6.45) is 0. The van der Waals surface area contributed by atoms with E-state index in [2.05, 4.69) is 14.9 Å². The van der Waals surface area contributed by atoms with Gasteiger partial charge in [-0.15, -0.1) is 10.2 Å². The molecule has 0 radical (unpaired) electrons. The fourth-order valence-corrected chi connectivity index (χ4v) is 2.32. The normalized spacial score (nSPS) is 12.2. The van der Waals surface area contributed by atoms with Crippen LogP contribution in [-0.4, -0.2) is 28.5 Å².